The van der Waals surface area contributed by atoms with Crippen molar-refractivity contribution in [3.8, 4) is 0 Å². The third kappa shape index (κ3) is 5.80. The summed E-state index contributed by atoms with van der Waals surface area (Å²) >= 11 is 6.35. The molecule has 0 aliphatic heterocycles. The first-order chi connectivity index (χ1) is 16.0. The molecular formula is C25H29ClN2O5S. The molecule has 0 fully saturated rings. The number of unbranched alkanes of at least 4 members (excludes halogenated alkanes) is 1. The smallest absolute Gasteiger partial charge is 0.321 e. The number of ether oxygens (including phenoxy) is 1. The monoisotopic (exact) mass is 504 g/mol. The van der Waals surface area contributed by atoms with Gasteiger partial charge in [-0.25, -0.2) is 8.42 Å². The van der Waals surface area contributed by atoms with Gasteiger partial charge < -0.3 is 14.6 Å². The molecule has 7 nitrogen and oxygen atoms in total. The number of sulfone groups is 1. The van der Waals surface area contributed by atoms with E-state index in [1.807, 2.05) is 40.0 Å². The van der Waals surface area contributed by atoms with Gasteiger partial charge in [-0.1, -0.05) is 37.1 Å². The highest BCUT2D eigenvalue weighted by Gasteiger charge is 2.22. The lowest BCUT2D eigenvalue weighted by molar-refractivity contribution is -0.140. The van der Waals surface area contributed by atoms with Gasteiger partial charge in [0.25, 0.3) is 5.91 Å². The van der Waals surface area contributed by atoms with Gasteiger partial charge in [0.15, 0.2) is 15.6 Å². The van der Waals surface area contributed by atoms with E-state index in [2.05, 4.69) is 5.32 Å². The molecule has 3 aromatic rings. The molecule has 1 atom stereocenters. The fourth-order valence-corrected chi connectivity index (χ4v) is 5.10. The molecule has 0 radical (unpaired) electrons. The highest BCUT2D eigenvalue weighted by Crippen LogP contribution is 2.28. The number of hydrogen-bond acceptors (Lipinski definition) is 5. The first kappa shape index (κ1) is 25.8. The van der Waals surface area contributed by atoms with Crippen LogP contribution in [0.15, 0.2) is 47.4 Å². The number of nitrogens with zero attached hydrogens (tertiary/aromatic N) is 1. The van der Waals surface area contributed by atoms with Crippen LogP contribution in [0.5, 0.6) is 0 Å². The van der Waals surface area contributed by atoms with Gasteiger partial charge >= 0.3 is 5.97 Å². The normalized spacial score (nSPS) is 12.5. The Morgan fingerprint density at radius 2 is 1.82 bits per heavy atom. The molecule has 0 aliphatic rings. The quantitative estimate of drug-likeness (QED) is 0.335. The number of carbonyl (C=O) groups excluding carboxylic acids is 2. The van der Waals surface area contributed by atoms with Crippen molar-refractivity contribution in [2.75, 3.05) is 12.4 Å². The second-order valence-corrected chi connectivity index (χ2v) is 10.8. The van der Waals surface area contributed by atoms with Crippen LogP contribution in [0.1, 0.15) is 54.3 Å². The zero-order valence-corrected chi connectivity index (χ0v) is 21.3. The van der Waals surface area contributed by atoms with Crippen LogP contribution in [0.3, 0.4) is 0 Å². The Labute approximate surface area is 205 Å². The van der Waals surface area contributed by atoms with Crippen LogP contribution in [-0.2, 0) is 26.4 Å². The second kappa shape index (κ2) is 10.6. The summed E-state index contributed by atoms with van der Waals surface area (Å²) in [6.45, 7) is 5.92. The highest BCUT2D eigenvalue weighted by atomic mass is 35.5. The first-order valence-electron chi connectivity index (χ1n) is 11.1. The van der Waals surface area contributed by atoms with Gasteiger partial charge in [0.1, 0.15) is 5.69 Å². The summed E-state index contributed by atoms with van der Waals surface area (Å²) in [5.74, 6) is -1.74. The number of halogens is 1. The van der Waals surface area contributed by atoms with E-state index >= 15 is 0 Å². The molecule has 1 unspecified atom stereocenters. The van der Waals surface area contributed by atoms with Crippen molar-refractivity contribution in [1.82, 2.24) is 9.88 Å². The molecule has 1 heterocycles. The summed E-state index contributed by atoms with van der Waals surface area (Å²) in [4.78, 5) is 24.8. The summed E-state index contributed by atoms with van der Waals surface area (Å²) < 4.78 is 31.8. The van der Waals surface area contributed by atoms with Gasteiger partial charge in [-0.3, -0.25) is 9.59 Å². The maximum atomic E-state index is 12.9. The molecule has 3 rings (SSSR count). The lowest BCUT2D eigenvalue weighted by atomic mass is 10.1. The Bertz CT molecular complexity index is 1310. The van der Waals surface area contributed by atoms with E-state index in [0.29, 0.717) is 17.1 Å². The fraction of sp³-hybridized carbons (Fsp3) is 0.360. The molecule has 1 amide bonds. The fourth-order valence-electron chi connectivity index (χ4n) is 3.66. The minimum Gasteiger partial charge on any atom is -0.465 e. The Morgan fingerprint density at radius 1 is 1.15 bits per heavy atom. The maximum absolute atomic E-state index is 12.9. The standard InChI is InChI=1S/C25H29ClN2O5S/c1-5-6-11-33-24(29)15-34(31,32)19-9-7-18(8-10-19)17(3)27-25(30)23-14-20-21(26)12-16(2)13-22(20)28(23)4/h7-10,12-14,17H,5-6,11,15H2,1-4H3,(H,27,30). The van der Waals surface area contributed by atoms with Gasteiger partial charge in [-0.2, -0.15) is 0 Å². The van der Waals surface area contributed by atoms with E-state index in [0.717, 1.165) is 28.5 Å². The van der Waals surface area contributed by atoms with Crippen LogP contribution >= 0.6 is 11.6 Å². The van der Waals surface area contributed by atoms with Gasteiger partial charge in [0.2, 0.25) is 0 Å². The number of fused-ring (bicyclic) bond motifs is 1. The second-order valence-electron chi connectivity index (χ2n) is 8.37. The number of esters is 1. The number of carbonyl (C=O) groups is 2. The van der Waals surface area contributed by atoms with E-state index in [9.17, 15) is 18.0 Å². The third-order valence-electron chi connectivity index (χ3n) is 5.64. The van der Waals surface area contributed by atoms with Crippen molar-refractivity contribution in [2.24, 2.45) is 7.05 Å². The SMILES string of the molecule is CCCCOC(=O)CS(=O)(=O)c1ccc(C(C)NC(=O)c2cc3c(Cl)cc(C)cc3n2C)cc1. The average Bonchev–Trinajstić information content (AvgIpc) is 3.10. The van der Waals surface area contributed by atoms with Crippen molar-refractivity contribution in [3.05, 3.63) is 64.3 Å². The van der Waals surface area contributed by atoms with Gasteiger partial charge in [-0.05, 0) is 61.7 Å². The zero-order chi connectivity index (χ0) is 25.0. The Hall–Kier alpha value is -2.84. The summed E-state index contributed by atoms with van der Waals surface area (Å²) in [5, 5.41) is 4.33. The molecule has 0 saturated carbocycles. The molecule has 0 spiro atoms. The van der Waals surface area contributed by atoms with Crippen molar-refractivity contribution < 1.29 is 22.7 Å². The summed E-state index contributed by atoms with van der Waals surface area (Å²) in [6, 6.07) is 11.3. The van der Waals surface area contributed by atoms with E-state index < -0.39 is 21.6 Å². The molecule has 182 valence electrons. The molecule has 0 saturated heterocycles. The predicted molar refractivity (Wildman–Crippen MR) is 133 cm³/mol. The predicted octanol–water partition coefficient (Wildman–Crippen LogP) is 4.75. The van der Waals surface area contributed by atoms with Crippen LogP contribution in [0, 0.1) is 6.92 Å². The van der Waals surface area contributed by atoms with Crippen LogP contribution in [-0.4, -0.2) is 37.2 Å². The minimum absolute atomic E-state index is 0.0286. The number of amides is 1. The molecule has 0 aliphatic carbocycles. The van der Waals surface area contributed by atoms with Gasteiger partial charge in [-0.15, -0.1) is 0 Å². The Morgan fingerprint density at radius 3 is 2.47 bits per heavy atom. The van der Waals surface area contributed by atoms with E-state index in [1.54, 1.807) is 22.8 Å². The van der Waals surface area contributed by atoms with Crippen LogP contribution in [0.4, 0.5) is 0 Å². The Kier molecular flexibility index (Phi) is 8.05. The molecule has 1 aromatic heterocycles. The molecule has 9 heteroatoms. The van der Waals surface area contributed by atoms with Crippen molar-refractivity contribution in [3.63, 3.8) is 0 Å². The number of nitrogens with one attached hydrogen (secondary N) is 1. The number of rotatable bonds is 9. The van der Waals surface area contributed by atoms with Crippen molar-refractivity contribution in [2.45, 2.75) is 44.6 Å². The molecule has 2 aromatic carbocycles. The maximum Gasteiger partial charge on any atom is 0.321 e. The number of benzene rings is 2. The minimum atomic E-state index is -3.81. The Balaban J connectivity index is 1.70. The first-order valence-corrected chi connectivity index (χ1v) is 13.1. The van der Waals surface area contributed by atoms with Crippen LogP contribution in [0.2, 0.25) is 5.02 Å². The molecule has 1 N–H and O–H groups in total. The van der Waals surface area contributed by atoms with E-state index in [-0.39, 0.29) is 23.5 Å². The van der Waals surface area contributed by atoms with E-state index in [4.69, 9.17) is 16.3 Å². The van der Waals surface area contributed by atoms with Crippen molar-refractivity contribution in [1.29, 1.82) is 0 Å². The lowest BCUT2D eigenvalue weighted by Gasteiger charge is -2.15. The summed E-state index contributed by atoms with van der Waals surface area (Å²) in [6.07, 6.45) is 1.54. The van der Waals surface area contributed by atoms with Gasteiger partial charge in [0.05, 0.1) is 28.1 Å². The van der Waals surface area contributed by atoms with Crippen LogP contribution < -0.4 is 5.32 Å². The average molecular weight is 505 g/mol. The zero-order valence-electron chi connectivity index (χ0n) is 19.7. The number of hydrogen-bond donors (Lipinski definition) is 1. The third-order valence-corrected chi connectivity index (χ3v) is 7.56. The van der Waals surface area contributed by atoms with Crippen molar-refractivity contribution >= 4 is 44.2 Å². The topological polar surface area (TPSA) is 94.5 Å². The number of aromatic nitrogens is 1. The molecule has 0 bridgehead atoms. The van der Waals surface area contributed by atoms with Crippen LogP contribution in [0.25, 0.3) is 10.9 Å². The van der Waals surface area contributed by atoms with Gasteiger partial charge in [0, 0.05) is 12.4 Å². The largest absolute Gasteiger partial charge is 0.465 e. The lowest BCUT2D eigenvalue weighted by Crippen LogP contribution is -2.28. The molecule has 34 heavy (non-hydrogen) atoms. The summed E-state index contributed by atoms with van der Waals surface area (Å²) in [7, 11) is -2.00. The molecular weight excluding hydrogens is 476 g/mol. The van der Waals surface area contributed by atoms with E-state index in [1.165, 1.54) is 12.1 Å². The highest BCUT2D eigenvalue weighted by molar-refractivity contribution is 7.92. The summed E-state index contributed by atoms with van der Waals surface area (Å²) in [5.41, 5.74) is 3.06. The number of aryl methyl sites for hydroxylation is 2.